The zero-order chi connectivity index (χ0) is 12.1. The first-order valence-electron chi connectivity index (χ1n) is 5.97. The molecule has 1 unspecified atom stereocenters. The minimum absolute atomic E-state index is 0.349. The maximum absolute atomic E-state index is 5.83. The van der Waals surface area contributed by atoms with Crippen molar-refractivity contribution in [2.24, 2.45) is 0 Å². The molecule has 1 saturated heterocycles. The lowest BCUT2D eigenvalue weighted by molar-refractivity contribution is 0.0904. The lowest BCUT2D eigenvalue weighted by atomic mass is 10.2. The minimum atomic E-state index is 0.349. The standard InChI is InChI=1S/C13H19NO3/c1-15-11-4-5-12(14)13(9-11)17-8-6-10-3-2-7-16-10/h4-5,9-10H,2-3,6-8,14H2,1H3. The van der Waals surface area contributed by atoms with Crippen molar-refractivity contribution in [2.45, 2.75) is 25.4 Å². The molecule has 0 radical (unpaired) electrons. The SMILES string of the molecule is COc1ccc(N)c(OCCC2CCCO2)c1. The first-order chi connectivity index (χ1) is 8.29. The first-order valence-corrected chi connectivity index (χ1v) is 5.97. The van der Waals surface area contributed by atoms with Crippen LogP contribution in [0.2, 0.25) is 0 Å². The van der Waals surface area contributed by atoms with Gasteiger partial charge in [0.25, 0.3) is 0 Å². The molecule has 0 bridgehead atoms. The molecule has 1 fully saturated rings. The molecule has 1 aliphatic rings. The van der Waals surface area contributed by atoms with Crippen molar-refractivity contribution in [2.75, 3.05) is 26.1 Å². The van der Waals surface area contributed by atoms with Gasteiger partial charge in [-0.25, -0.2) is 0 Å². The summed E-state index contributed by atoms with van der Waals surface area (Å²) in [5.41, 5.74) is 6.46. The van der Waals surface area contributed by atoms with Crippen LogP contribution in [-0.4, -0.2) is 26.4 Å². The van der Waals surface area contributed by atoms with Crippen molar-refractivity contribution in [3.05, 3.63) is 18.2 Å². The largest absolute Gasteiger partial charge is 0.497 e. The molecule has 1 atom stereocenters. The van der Waals surface area contributed by atoms with E-state index in [1.807, 2.05) is 12.1 Å². The molecule has 0 amide bonds. The first kappa shape index (κ1) is 12.0. The van der Waals surface area contributed by atoms with E-state index in [0.29, 0.717) is 24.1 Å². The van der Waals surface area contributed by atoms with Crippen molar-refractivity contribution >= 4 is 5.69 Å². The molecule has 1 aliphatic heterocycles. The molecule has 94 valence electrons. The number of nitrogen functional groups attached to an aromatic ring is 1. The summed E-state index contributed by atoms with van der Waals surface area (Å²) in [5.74, 6) is 1.44. The quantitative estimate of drug-likeness (QED) is 0.798. The summed E-state index contributed by atoms with van der Waals surface area (Å²) in [6.07, 6.45) is 3.56. The van der Waals surface area contributed by atoms with Crippen LogP contribution < -0.4 is 15.2 Å². The minimum Gasteiger partial charge on any atom is -0.497 e. The van der Waals surface area contributed by atoms with E-state index in [-0.39, 0.29) is 0 Å². The Balaban J connectivity index is 1.84. The maximum Gasteiger partial charge on any atom is 0.145 e. The van der Waals surface area contributed by atoms with Gasteiger partial charge in [-0.15, -0.1) is 0 Å². The van der Waals surface area contributed by atoms with Crippen molar-refractivity contribution in [1.29, 1.82) is 0 Å². The van der Waals surface area contributed by atoms with Crippen LogP contribution in [-0.2, 0) is 4.74 Å². The Morgan fingerprint density at radius 1 is 1.47 bits per heavy atom. The maximum atomic E-state index is 5.83. The number of benzene rings is 1. The molecular weight excluding hydrogens is 218 g/mol. The molecule has 2 rings (SSSR count). The van der Waals surface area contributed by atoms with Gasteiger partial charge in [0.15, 0.2) is 0 Å². The highest BCUT2D eigenvalue weighted by atomic mass is 16.5. The van der Waals surface area contributed by atoms with Gasteiger partial charge >= 0.3 is 0 Å². The predicted octanol–water partition coefficient (Wildman–Crippen LogP) is 2.23. The highest BCUT2D eigenvalue weighted by Crippen LogP contribution is 2.27. The van der Waals surface area contributed by atoms with Gasteiger partial charge in [-0.05, 0) is 25.0 Å². The Morgan fingerprint density at radius 3 is 3.06 bits per heavy atom. The summed E-state index contributed by atoms with van der Waals surface area (Å²) < 4.78 is 16.3. The number of anilines is 1. The third-order valence-corrected chi connectivity index (χ3v) is 2.94. The fraction of sp³-hybridized carbons (Fsp3) is 0.538. The molecule has 2 N–H and O–H groups in total. The third kappa shape index (κ3) is 3.27. The summed E-state index contributed by atoms with van der Waals surface area (Å²) in [6.45, 7) is 1.51. The van der Waals surface area contributed by atoms with E-state index >= 15 is 0 Å². The van der Waals surface area contributed by atoms with Crippen LogP contribution in [0.5, 0.6) is 11.5 Å². The second-order valence-electron chi connectivity index (χ2n) is 4.18. The zero-order valence-corrected chi connectivity index (χ0v) is 10.1. The number of hydrogen-bond donors (Lipinski definition) is 1. The Kier molecular flexibility index (Phi) is 4.09. The van der Waals surface area contributed by atoms with Gasteiger partial charge in [0.05, 0.1) is 25.5 Å². The summed E-state index contributed by atoms with van der Waals surface area (Å²) in [4.78, 5) is 0. The van der Waals surface area contributed by atoms with Crippen molar-refractivity contribution in [1.82, 2.24) is 0 Å². The van der Waals surface area contributed by atoms with E-state index in [4.69, 9.17) is 19.9 Å². The second-order valence-corrected chi connectivity index (χ2v) is 4.18. The summed E-state index contributed by atoms with van der Waals surface area (Å²) >= 11 is 0. The Labute approximate surface area is 102 Å². The summed E-state index contributed by atoms with van der Waals surface area (Å²) in [6, 6.07) is 5.42. The fourth-order valence-corrected chi connectivity index (χ4v) is 1.94. The number of ether oxygens (including phenoxy) is 3. The number of hydrogen-bond acceptors (Lipinski definition) is 4. The molecule has 1 heterocycles. The molecule has 17 heavy (non-hydrogen) atoms. The molecule has 0 spiro atoms. The van der Waals surface area contributed by atoms with E-state index in [1.165, 1.54) is 0 Å². The van der Waals surface area contributed by atoms with E-state index in [0.717, 1.165) is 31.6 Å². The Bertz CT molecular complexity index is 362. The fourth-order valence-electron chi connectivity index (χ4n) is 1.94. The van der Waals surface area contributed by atoms with Gasteiger partial charge in [-0.3, -0.25) is 0 Å². The molecule has 1 aromatic carbocycles. The van der Waals surface area contributed by atoms with Gasteiger partial charge in [0.1, 0.15) is 11.5 Å². The predicted molar refractivity (Wildman–Crippen MR) is 66.5 cm³/mol. The van der Waals surface area contributed by atoms with Gasteiger partial charge in [-0.1, -0.05) is 0 Å². The lowest BCUT2D eigenvalue weighted by Crippen LogP contribution is -2.11. The van der Waals surface area contributed by atoms with Crippen LogP contribution in [0.1, 0.15) is 19.3 Å². The normalized spacial score (nSPS) is 19.2. The van der Waals surface area contributed by atoms with Crippen molar-refractivity contribution in [3.8, 4) is 11.5 Å². The third-order valence-electron chi connectivity index (χ3n) is 2.94. The van der Waals surface area contributed by atoms with Crippen LogP contribution in [0.25, 0.3) is 0 Å². The van der Waals surface area contributed by atoms with Gasteiger partial charge in [0.2, 0.25) is 0 Å². The molecule has 4 heteroatoms. The summed E-state index contributed by atoms with van der Waals surface area (Å²) in [7, 11) is 1.63. The molecule has 1 aromatic rings. The molecule has 0 saturated carbocycles. The van der Waals surface area contributed by atoms with E-state index in [1.54, 1.807) is 13.2 Å². The molecular formula is C13H19NO3. The zero-order valence-electron chi connectivity index (χ0n) is 10.1. The van der Waals surface area contributed by atoms with Crippen LogP contribution in [0.4, 0.5) is 5.69 Å². The average Bonchev–Trinajstić information content (AvgIpc) is 2.84. The van der Waals surface area contributed by atoms with Crippen LogP contribution in [0, 0.1) is 0 Å². The van der Waals surface area contributed by atoms with Crippen molar-refractivity contribution < 1.29 is 14.2 Å². The van der Waals surface area contributed by atoms with Crippen LogP contribution >= 0.6 is 0 Å². The topological polar surface area (TPSA) is 53.7 Å². The van der Waals surface area contributed by atoms with Crippen molar-refractivity contribution in [3.63, 3.8) is 0 Å². The lowest BCUT2D eigenvalue weighted by Gasteiger charge is -2.12. The van der Waals surface area contributed by atoms with Gasteiger partial charge in [-0.2, -0.15) is 0 Å². The number of nitrogens with two attached hydrogens (primary N) is 1. The van der Waals surface area contributed by atoms with Gasteiger partial charge < -0.3 is 19.9 Å². The molecule has 0 aromatic heterocycles. The van der Waals surface area contributed by atoms with E-state index in [2.05, 4.69) is 0 Å². The van der Waals surface area contributed by atoms with E-state index < -0.39 is 0 Å². The number of rotatable bonds is 5. The highest BCUT2D eigenvalue weighted by Gasteiger charge is 2.15. The van der Waals surface area contributed by atoms with E-state index in [9.17, 15) is 0 Å². The summed E-state index contributed by atoms with van der Waals surface area (Å²) in [5, 5.41) is 0. The monoisotopic (exact) mass is 237 g/mol. The second kappa shape index (κ2) is 5.77. The Morgan fingerprint density at radius 2 is 2.35 bits per heavy atom. The van der Waals surface area contributed by atoms with Crippen LogP contribution in [0.3, 0.4) is 0 Å². The number of methoxy groups -OCH3 is 1. The highest BCUT2D eigenvalue weighted by molar-refractivity contribution is 5.55. The van der Waals surface area contributed by atoms with Gasteiger partial charge in [0, 0.05) is 19.1 Å². The molecule has 0 aliphatic carbocycles. The van der Waals surface area contributed by atoms with Crippen LogP contribution in [0.15, 0.2) is 18.2 Å². The average molecular weight is 237 g/mol. The molecule has 4 nitrogen and oxygen atoms in total. The Hall–Kier alpha value is -1.42. The smallest absolute Gasteiger partial charge is 0.145 e.